The molecular weight excluding hydrogens is 244 g/mol. The number of rotatable bonds is 5. The Morgan fingerprint density at radius 1 is 1.00 bits per heavy atom. The summed E-state index contributed by atoms with van der Waals surface area (Å²) < 4.78 is 5.02. The number of hydrogen-bond acceptors (Lipinski definition) is 3. The molecule has 0 atom stereocenters. The molecule has 4 nitrogen and oxygen atoms in total. The van der Waals surface area contributed by atoms with Gasteiger partial charge in [-0.3, -0.25) is 9.59 Å². The number of ether oxygens (including phenoxy) is 1. The summed E-state index contributed by atoms with van der Waals surface area (Å²) in [5.41, 5.74) is 0. The second kappa shape index (κ2) is 6.92. The molecule has 0 aromatic carbocycles. The van der Waals surface area contributed by atoms with E-state index < -0.39 is 5.97 Å². The van der Waals surface area contributed by atoms with Gasteiger partial charge in [-0.25, -0.2) is 0 Å². The van der Waals surface area contributed by atoms with Gasteiger partial charge < -0.3 is 9.84 Å². The van der Waals surface area contributed by atoms with Crippen molar-refractivity contribution in [1.29, 1.82) is 0 Å². The highest BCUT2D eigenvalue weighted by atomic mass is 16.5. The summed E-state index contributed by atoms with van der Waals surface area (Å²) in [5, 5.41) is 8.98. The van der Waals surface area contributed by atoms with E-state index in [9.17, 15) is 9.59 Å². The summed E-state index contributed by atoms with van der Waals surface area (Å²) in [6, 6.07) is 0. The topological polar surface area (TPSA) is 63.6 Å². The van der Waals surface area contributed by atoms with Gasteiger partial charge in [0.15, 0.2) is 0 Å². The molecule has 0 amide bonds. The Balaban J connectivity index is 1.66. The molecule has 1 N–H and O–H groups in total. The Kier molecular flexibility index (Phi) is 5.23. The third-order valence-corrected chi connectivity index (χ3v) is 4.90. The molecule has 0 heterocycles. The van der Waals surface area contributed by atoms with Crippen LogP contribution in [0.15, 0.2) is 0 Å². The van der Waals surface area contributed by atoms with Crippen LogP contribution in [-0.4, -0.2) is 23.7 Å². The van der Waals surface area contributed by atoms with Crippen LogP contribution in [0.2, 0.25) is 0 Å². The molecule has 0 aromatic rings. The number of aliphatic carboxylic acids is 1. The molecule has 2 rings (SSSR count). The van der Waals surface area contributed by atoms with Crippen molar-refractivity contribution >= 4 is 12.4 Å². The number of carbonyl (C=O) groups excluding carboxylic acids is 1. The Morgan fingerprint density at radius 3 is 2.00 bits per heavy atom. The number of carboxylic acids is 1. The summed E-state index contributed by atoms with van der Waals surface area (Å²) in [4.78, 5) is 21.2. The first kappa shape index (κ1) is 14.4. The molecule has 0 radical (unpaired) electrons. The lowest BCUT2D eigenvalue weighted by molar-refractivity contribution is -0.143. The van der Waals surface area contributed by atoms with Crippen molar-refractivity contribution in [2.45, 2.75) is 63.9 Å². The van der Waals surface area contributed by atoms with Crippen LogP contribution in [-0.2, 0) is 14.3 Å². The van der Waals surface area contributed by atoms with E-state index in [4.69, 9.17) is 9.84 Å². The van der Waals surface area contributed by atoms with E-state index in [-0.39, 0.29) is 12.0 Å². The van der Waals surface area contributed by atoms with Crippen molar-refractivity contribution in [3.8, 4) is 0 Å². The van der Waals surface area contributed by atoms with Gasteiger partial charge in [0.1, 0.15) is 6.10 Å². The van der Waals surface area contributed by atoms with Gasteiger partial charge >= 0.3 is 5.97 Å². The fourth-order valence-electron chi connectivity index (χ4n) is 3.70. The highest BCUT2D eigenvalue weighted by molar-refractivity contribution is 5.69. The van der Waals surface area contributed by atoms with Gasteiger partial charge in [0, 0.05) is 0 Å². The van der Waals surface area contributed by atoms with Crippen LogP contribution in [0, 0.1) is 17.8 Å². The average molecular weight is 268 g/mol. The lowest BCUT2D eigenvalue weighted by Crippen LogP contribution is -2.25. The molecule has 4 heteroatoms. The molecule has 0 bridgehead atoms. The van der Waals surface area contributed by atoms with Gasteiger partial charge in [-0.05, 0) is 69.6 Å². The zero-order chi connectivity index (χ0) is 13.7. The van der Waals surface area contributed by atoms with Crippen LogP contribution in [0.3, 0.4) is 0 Å². The minimum Gasteiger partial charge on any atom is -0.481 e. The summed E-state index contributed by atoms with van der Waals surface area (Å²) in [6.07, 6.45) is 9.50. The molecule has 2 aliphatic rings. The van der Waals surface area contributed by atoms with Crippen LogP contribution < -0.4 is 0 Å². The van der Waals surface area contributed by atoms with E-state index >= 15 is 0 Å². The van der Waals surface area contributed by atoms with Crippen molar-refractivity contribution < 1.29 is 19.4 Å². The normalized spacial score (nSPS) is 35.6. The number of carboxylic acid groups (broad SMARTS) is 1. The summed E-state index contributed by atoms with van der Waals surface area (Å²) >= 11 is 0. The molecule has 108 valence electrons. The third kappa shape index (κ3) is 4.22. The Morgan fingerprint density at radius 2 is 1.53 bits per heavy atom. The Hall–Kier alpha value is -1.06. The molecule has 0 spiro atoms. The first-order chi connectivity index (χ1) is 9.19. The highest BCUT2D eigenvalue weighted by Crippen LogP contribution is 2.37. The van der Waals surface area contributed by atoms with E-state index in [0.29, 0.717) is 12.4 Å². The highest BCUT2D eigenvalue weighted by Gasteiger charge is 2.29. The van der Waals surface area contributed by atoms with Crippen LogP contribution in [0.4, 0.5) is 0 Å². The molecule has 0 saturated heterocycles. The van der Waals surface area contributed by atoms with Gasteiger partial charge in [-0.15, -0.1) is 0 Å². The summed E-state index contributed by atoms with van der Waals surface area (Å²) in [7, 11) is 0. The average Bonchev–Trinajstić information content (AvgIpc) is 2.42. The van der Waals surface area contributed by atoms with Crippen LogP contribution in [0.25, 0.3) is 0 Å². The first-order valence-electron chi connectivity index (χ1n) is 7.51. The van der Waals surface area contributed by atoms with Gasteiger partial charge in [0.25, 0.3) is 6.47 Å². The molecule has 2 fully saturated rings. The molecule has 0 aliphatic heterocycles. The SMILES string of the molecule is O=COC1CCC(CC2CCC(C(=O)O)CC2)CC1. The Bertz CT molecular complexity index is 299. The van der Waals surface area contributed by atoms with Crippen LogP contribution in [0.5, 0.6) is 0 Å². The standard InChI is InChI=1S/C15H24O4/c16-10-19-14-7-3-12(4-8-14)9-11-1-5-13(6-2-11)15(17)18/h10-14H,1-9H2,(H,17,18). The van der Waals surface area contributed by atoms with E-state index in [0.717, 1.165) is 57.3 Å². The molecule has 2 aliphatic carbocycles. The molecule has 0 aromatic heterocycles. The Labute approximate surface area is 114 Å². The number of carbonyl (C=O) groups is 2. The zero-order valence-corrected chi connectivity index (χ0v) is 11.4. The van der Waals surface area contributed by atoms with Gasteiger partial charge in [0.2, 0.25) is 0 Å². The quantitative estimate of drug-likeness (QED) is 0.778. The summed E-state index contributed by atoms with van der Waals surface area (Å²) in [5.74, 6) is 0.736. The second-order valence-electron chi connectivity index (χ2n) is 6.17. The predicted molar refractivity (Wildman–Crippen MR) is 70.6 cm³/mol. The van der Waals surface area contributed by atoms with Gasteiger partial charge in [-0.1, -0.05) is 0 Å². The minimum atomic E-state index is -0.620. The molecule has 0 unspecified atom stereocenters. The lowest BCUT2D eigenvalue weighted by atomic mass is 9.74. The maximum Gasteiger partial charge on any atom is 0.306 e. The van der Waals surface area contributed by atoms with Crippen molar-refractivity contribution in [3.63, 3.8) is 0 Å². The van der Waals surface area contributed by atoms with Crippen molar-refractivity contribution in [3.05, 3.63) is 0 Å². The lowest BCUT2D eigenvalue weighted by Gasteiger charge is -2.32. The fourth-order valence-corrected chi connectivity index (χ4v) is 3.70. The summed E-state index contributed by atoms with van der Waals surface area (Å²) in [6.45, 7) is 0.568. The zero-order valence-electron chi connectivity index (χ0n) is 11.4. The van der Waals surface area contributed by atoms with Crippen LogP contribution in [0.1, 0.15) is 57.8 Å². The minimum absolute atomic E-state index is 0.104. The van der Waals surface area contributed by atoms with Crippen molar-refractivity contribution in [1.82, 2.24) is 0 Å². The monoisotopic (exact) mass is 268 g/mol. The van der Waals surface area contributed by atoms with E-state index in [1.165, 1.54) is 6.42 Å². The second-order valence-corrected chi connectivity index (χ2v) is 6.17. The number of hydrogen-bond donors (Lipinski definition) is 1. The maximum atomic E-state index is 10.9. The third-order valence-electron chi connectivity index (χ3n) is 4.90. The van der Waals surface area contributed by atoms with Crippen molar-refractivity contribution in [2.75, 3.05) is 0 Å². The van der Waals surface area contributed by atoms with E-state index in [1.54, 1.807) is 0 Å². The van der Waals surface area contributed by atoms with Gasteiger partial charge in [-0.2, -0.15) is 0 Å². The van der Waals surface area contributed by atoms with Crippen molar-refractivity contribution in [2.24, 2.45) is 17.8 Å². The maximum absolute atomic E-state index is 10.9. The smallest absolute Gasteiger partial charge is 0.306 e. The molecular formula is C15H24O4. The largest absolute Gasteiger partial charge is 0.481 e. The van der Waals surface area contributed by atoms with Crippen LogP contribution >= 0.6 is 0 Å². The first-order valence-corrected chi connectivity index (χ1v) is 7.51. The molecule has 2 saturated carbocycles. The van der Waals surface area contributed by atoms with E-state index in [2.05, 4.69) is 0 Å². The fraction of sp³-hybridized carbons (Fsp3) is 0.867. The van der Waals surface area contributed by atoms with Gasteiger partial charge in [0.05, 0.1) is 5.92 Å². The van der Waals surface area contributed by atoms with E-state index in [1.807, 2.05) is 0 Å². The molecule has 19 heavy (non-hydrogen) atoms. The predicted octanol–water partition coefficient (Wildman–Crippen LogP) is 3.00.